The van der Waals surface area contributed by atoms with Gasteiger partial charge < -0.3 is 15.0 Å². The molecule has 0 bridgehead atoms. The molecule has 0 radical (unpaired) electrons. The number of amides is 1. The molecule has 5 nitrogen and oxygen atoms in total. The Morgan fingerprint density at radius 3 is 3.05 bits per heavy atom. The second kappa shape index (κ2) is 5.49. The van der Waals surface area contributed by atoms with E-state index in [9.17, 15) is 4.79 Å². The summed E-state index contributed by atoms with van der Waals surface area (Å²) in [5.74, 6) is 0.951. The zero-order chi connectivity index (χ0) is 13.2. The van der Waals surface area contributed by atoms with E-state index in [4.69, 9.17) is 4.74 Å². The number of carbonyl (C=O) groups is 1. The molecule has 2 aliphatic heterocycles. The van der Waals surface area contributed by atoms with E-state index >= 15 is 0 Å². The highest BCUT2D eigenvalue weighted by Crippen LogP contribution is 2.36. The van der Waals surface area contributed by atoms with Gasteiger partial charge in [-0.15, -0.1) is 0 Å². The van der Waals surface area contributed by atoms with Crippen molar-refractivity contribution < 1.29 is 9.53 Å². The number of carbonyl (C=O) groups excluding carboxylic acids is 1. The molecule has 0 aromatic rings. The topological polar surface area (TPSA) is 53.9 Å². The Hall–Kier alpha value is -1.10. The molecule has 2 fully saturated rings. The number of likely N-dealkylation sites (tertiary alicyclic amines) is 1. The van der Waals surface area contributed by atoms with Crippen LogP contribution in [-0.4, -0.2) is 55.5 Å². The zero-order valence-electron chi connectivity index (χ0n) is 11.5. The van der Waals surface area contributed by atoms with Gasteiger partial charge in [-0.25, -0.2) is 4.99 Å². The summed E-state index contributed by atoms with van der Waals surface area (Å²) in [6, 6.07) is 0.541. The highest BCUT2D eigenvalue weighted by atomic mass is 16.5. The van der Waals surface area contributed by atoms with Crippen molar-refractivity contribution in [1.82, 2.24) is 10.2 Å². The first-order valence-corrected chi connectivity index (χ1v) is 7.40. The quantitative estimate of drug-likeness (QED) is 0.821. The largest absolute Gasteiger partial charge is 0.481 e. The van der Waals surface area contributed by atoms with Crippen molar-refractivity contribution in [2.75, 3.05) is 20.2 Å². The number of rotatable bonds is 3. The van der Waals surface area contributed by atoms with Crippen LogP contribution in [0, 0.1) is 5.92 Å². The summed E-state index contributed by atoms with van der Waals surface area (Å²) in [5, 5.41) is 3.18. The predicted octanol–water partition coefficient (Wildman–Crippen LogP) is 0.793. The van der Waals surface area contributed by atoms with E-state index in [0.29, 0.717) is 25.1 Å². The molecule has 0 aromatic heterocycles. The first-order chi connectivity index (χ1) is 9.29. The molecule has 4 unspecified atom stereocenters. The van der Waals surface area contributed by atoms with Crippen molar-refractivity contribution in [3.05, 3.63) is 0 Å². The molecule has 3 aliphatic rings. The van der Waals surface area contributed by atoms with Gasteiger partial charge in [-0.1, -0.05) is 6.42 Å². The first kappa shape index (κ1) is 12.9. The van der Waals surface area contributed by atoms with Gasteiger partial charge in [0.25, 0.3) is 0 Å². The van der Waals surface area contributed by atoms with Crippen LogP contribution in [0.1, 0.15) is 32.1 Å². The lowest BCUT2D eigenvalue weighted by molar-refractivity contribution is -0.135. The molecular weight excluding hydrogens is 242 g/mol. The summed E-state index contributed by atoms with van der Waals surface area (Å²) in [5.41, 5.74) is 0. The van der Waals surface area contributed by atoms with Crippen LogP contribution in [0.25, 0.3) is 0 Å². The maximum absolute atomic E-state index is 12.7. The Labute approximate surface area is 114 Å². The van der Waals surface area contributed by atoms with E-state index in [1.165, 1.54) is 25.7 Å². The monoisotopic (exact) mass is 265 g/mol. The molecule has 5 heteroatoms. The van der Waals surface area contributed by atoms with Crippen LogP contribution in [0.3, 0.4) is 0 Å². The van der Waals surface area contributed by atoms with Crippen molar-refractivity contribution in [2.24, 2.45) is 10.9 Å². The molecule has 19 heavy (non-hydrogen) atoms. The number of hydrogen-bond donors (Lipinski definition) is 1. The fourth-order valence-electron chi connectivity index (χ4n) is 3.78. The summed E-state index contributed by atoms with van der Waals surface area (Å²) in [7, 11) is 1.89. The van der Waals surface area contributed by atoms with Gasteiger partial charge in [0, 0.05) is 12.6 Å². The summed E-state index contributed by atoms with van der Waals surface area (Å²) in [4.78, 5) is 19.1. The third-order valence-electron chi connectivity index (χ3n) is 4.82. The average Bonchev–Trinajstić information content (AvgIpc) is 3.05. The van der Waals surface area contributed by atoms with E-state index in [1.807, 2.05) is 7.05 Å². The SMILES string of the molecule is CNC1CCC2CCCC2N(CC2COC=N2)C1=O. The Bertz CT molecular complexity index is 372. The molecule has 1 saturated heterocycles. The van der Waals surface area contributed by atoms with Gasteiger partial charge >= 0.3 is 0 Å². The van der Waals surface area contributed by atoms with Gasteiger partial charge in [0.15, 0.2) is 6.40 Å². The van der Waals surface area contributed by atoms with Crippen LogP contribution in [0.4, 0.5) is 0 Å². The second-order valence-electron chi connectivity index (χ2n) is 5.91. The first-order valence-electron chi connectivity index (χ1n) is 7.40. The van der Waals surface area contributed by atoms with E-state index in [2.05, 4.69) is 15.2 Å². The van der Waals surface area contributed by atoms with E-state index < -0.39 is 0 Å². The molecule has 1 N–H and O–H groups in total. The van der Waals surface area contributed by atoms with Gasteiger partial charge in [0.1, 0.15) is 12.6 Å². The minimum Gasteiger partial charge on any atom is -0.481 e. The summed E-state index contributed by atoms with van der Waals surface area (Å²) in [6.07, 6.45) is 7.35. The van der Waals surface area contributed by atoms with Gasteiger partial charge in [-0.05, 0) is 38.6 Å². The summed E-state index contributed by atoms with van der Waals surface area (Å²) in [6.45, 7) is 1.33. The number of fused-ring (bicyclic) bond motifs is 1. The lowest BCUT2D eigenvalue weighted by Gasteiger charge is -2.33. The zero-order valence-corrected chi connectivity index (χ0v) is 11.5. The average molecular weight is 265 g/mol. The van der Waals surface area contributed by atoms with Crippen LogP contribution in [0.2, 0.25) is 0 Å². The van der Waals surface area contributed by atoms with Gasteiger partial charge in [0.2, 0.25) is 5.91 Å². The Kier molecular flexibility index (Phi) is 3.73. The molecule has 3 rings (SSSR count). The minimum atomic E-state index is -0.0168. The van der Waals surface area contributed by atoms with Crippen molar-refractivity contribution >= 4 is 12.3 Å². The Morgan fingerprint density at radius 2 is 2.32 bits per heavy atom. The van der Waals surface area contributed by atoms with Crippen molar-refractivity contribution in [2.45, 2.75) is 50.2 Å². The Morgan fingerprint density at radius 1 is 1.42 bits per heavy atom. The molecule has 0 spiro atoms. The molecule has 2 heterocycles. The number of hydrogen-bond acceptors (Lipinski definition) is 4. The third-order valence-corrected chi connectivity index (χ3v) is 4.82. The van der Waals surface area contributed by atoms with Crippen LogP contribution in [-0.2, 0) is 9.53 Å². The van der Waals surface area contributed by atoms with Crippen LogP contribution < -0.4 is 5.32 Å². The minimum absolute atomic E-state index is 0.0168. The van der Waals surface area contributed by atoms with Gasteiger partial charge in [0.05, 0.1) is 6.04 Å². The molecule has 1 aliphatic carbocycles. The van der Waals surface area contributed by atoms with Crippen molar-refractivity contribution in [3.8, 4) is 0 Å². The lowest BCUT2D eigenvalue weighted by Crippen LogP contribution is -2.50. The summed E-state index contributed by atoms with van der Waals surface area (Å²) >= 11 is 0. The fourth-order valence-corrected chi connectivity index (χ4v) is 3.78. The smallest absolute Gasteiger partial charge is 0.240 e. The van der Waals surface area contributed by atoms with Crippen LogP contribution >= 0.6 is 0 Å². The van der Waals surface area contributed by atoms with Crippen LogP contribution in [0.15, 0.2) is 4.99 Å². The highest BCUT2D eigenvalue weighted by Gasteiger charge is 2.41. The maximum Gasteiger partial charge on any atom is 0.240 e. The number of nitrogens with one attached hydrogen (secondary N) is 1. The van der Waals surface area contributed by atoms with Gasteiger partial charge in [-0.3, -0.25) is 4.79 Å². The molecule has 0 aromatic carbocycles. The molecule has 1 saturated carbocycles. The van der Waals surface area contributed by atoms with E-state index in [1.54, 1.807) is 0 Å². The second-order valence-corrected chi connectivity index (χ2v) is 5.91. The fraction of sp³-hybridized carbons (Fsp3) is 0.857. The van der Waals surface area contributed by atoms with Crippen molar-refractivity contribution in [3.63, 3.8) is 0 Å². The van der Waals surface area contributed by atoms with E-state index in [0.717, 1.165) is 12.8 Å². The lowest BCUT2D eigenvalue weighted by atomic mass is 9.97. The van der Waals surface area contributed by atoms with Crippen molar-refractivity contribution in [1.29, 1.82) is 0 Å². The maximum atomic E-state index is 12.7. The number of aliphatic imine (C=N–C) groups is 1. The molecule has 1 amide bonds. The van der Waals surface area contributed by atoms with E-state index in [-0.39, 0.29) is 18.0 Å². The molecule has 106 valence electrons. The third kappa shape index (κ3) is 2.48. The molecular formula is C14H23N3O2. The predicted molar refractivity (Wildman–Crippen MR) is 73.2 cm³/mol. The molecule has 4 atom stereocenters. The summed E-state index contributed by atoms with van der Waals surface area (Å²) < 4.78 is 5.18. The normalized spacial score (nSPS) is 38.2. The number of ether oxygens (including phenoxy) is 1. The highest BCUT2D eigenvalue weighted by molar-refractivity contribution is 5.82. The van der Waals surface area contributed by atoms with Crippen LogP contribution in [0.5, 0.6) is 0 Å². The standard InChI is InChI=1S/C14H23N3O2/c1-15-12-6-5-10-3-2-4-13(10)17(14(12)18)7-11-8-19-9-16-11/h9-13,15H,2-8H2,1H3. The van der Waals surface area contributed by atoms with Gasteiger partial charge in [-0.2, -0.15) is 0 Å². The number of nitrogens with zero attached hydrogens (tertiary/aromatic N) is 2. The number of likely N-dealkylation sites (N-methyl/N-ethyl adjacent to an activating group) is 1. The Balaban J connectivity index is 1.77.